The van der Waals surface area contributed by atoms with Gasteiger partial charge in [-0.3, -0.25) is 10.1 Å². The van der Waals surface area contributed by atoms with E-state index in [1.165, 1.54) is 18.2 Å². The Morgan fingerprint density at radius 1 is 1.24 bits per heavy atom. The number of nitro groups is 1. The molecule has 5 nitrogen and oxygen atoms in total. The van der Waals surface area contributed by atoms with Crippen molar-refractivity contribution in [1.82, 2.24) is 0 Å². The van der Waals surface area contributed by atoms with E-state index in [4.69, 9.17) is 16.3 Å². The number of ether oxygens (including phenoxy) is 1. The van der Waals surface area contributed by atoms with E-state index in [0.717, 1.165) is 5.56 Å². The van der Waals surface area contributed by atoms with E-state index >= 15 is 0 Å². The van der Waals surface area contributed by atoms with Crippen LogP contribution in [0.5, 0.6) is 0 Å². The van der Waals surface area contributed by atoms with E-state index in [-0.39, 0.29) is 17.9 Å². The summed E-state index contributed by atoms with van der Waals surface area (Å²) in [6.07, 6.45) is 0. The second kappa shape index (κ2) is 6.86. The predicted octanol–water partition coefficient (Wildman–Crippen LogP) is 4.21. The van der Waals surface area contributed by atoms with Gasteiger partial charge in [0.25, 0.3) is 5.69 Å². The Labute approximate surface area is 139 Å². The molecule has 21 heavy (non-hydrogen) atoms. The quantitative estimate of drug-likeness (QED) is 0.323. The summed E-state index contributed by atoms with van der Waals surface area (Å²) in [7, 11) is 0. The van der Waals surface area contributed by atoms with Gasteiger partial charge in [0.05, 0.1) is 10.5 Å². The van der Waals surface area contributed by atoms with Gasteiger partial charge in [-0.2, -0.15) is 0 Å². The summed E-state index contributed by atoms with van der Waals surface area (Å²) in [6.45, 7) is 0.0781. The first-order valence-corrected chi connectivity index (χ1v) is 7.28. The van der Waals surface area contributed by atoms with Crippen molar-refractivity contribution < 1.29 is 14.5 Å². The Morgan fingerprint density at radius 3 is 2.52 bits per heavy atom. The molecular weight excluding hydrogens is 409 g/mol. The lowest BCUT2D eigenvalue weighted by atomic mass is 10.2. The smallest absolute Gasteiger partial charge is 0.339 e. The number of rotatable bonds is 4. The van der Waals surface area contributed by atoms with Gasteiger partial charge < -0.3 is 4.74 Å². The van der Waals surface area contributed by atoms with Crippen LogP contribution in [-0.2, 0) is 11.3 Å². The van der Waals surface area contributed by atoms with Crippen molar-refractivity contribution in [2.24, 2.45) is 0 Å². The summed E-state index contributed by atoms with van der Waals surface area (Å²) in [4.78, 5) is 22.2. The molecule has 0 atom stereocenters. The SMILES string of the molecule is O=C(OCc1ccc(Cl)cc1)c1cc([N+](=O)[O-])ccc1I. The van der Waals surface area contributed by atoms with Gasteiger partial charge in [0, 0.05) is 20.7 Å². The molecule has 0 unspecified atom stereocenters. The van der Waals surface area contributed by atoms with E-state index in [1.807, 2.05) is 22.6 Å². The van der Waals surface area contributed by atoms with Gasteiger partial charge in [-0.05, 0) is 46.4 Å². The van der Waals surface area contributed by atoms with Crippen molar-refractivity contribution in [1.29, 1.82) is 0 Å². The highest BCUT2D eigenvalue weighted by molar-refractivity contribution is 14.1. The largest absolute Gasteiger partial charge is 0.457 e. The maximum Gasteiger partial charge on any atom is 0.339 e. The minimum absolute atomic E-state index is 0.0781. The summed E-state index contributed by atoms with van der Waals surface area (Å²) in [5.41, 5.74) is 0.820. The van der Waals surface area contributed by atoms with Gasteiger partial charge in [0.15, 0.2) is 0 Å². The van der Waals surface area contributed by atoms with Gasteiger partial charge in [0.1, 0.15) is 6.61 Å². The summed E-state index contributed by atoms with van der Waals surface area (Å²) in [6, 6.07) is 11.0. The number of benzene rings is 2. The fraction of sp³-hybridized carbons (Fsp3) is 0.0714. The fourth-order valence-electron chi connectivity index (χ4n) is 1.59. The van der Waals surface area contributed by atoms with Crippen molar-refractivity contribution in [2.45, 2.75) is 6.61 Å². The Bertz CT molecular complexity index is 688. The normalized spacial score (nSPS) is 10.2. The number of nitrogens with zero attached hydrogens (tertiary/aromatic N) is 1. The maximum atomic E-state index is 12.0. The summed E-state index contributed by atoms with van der Waals surface area (Å²) < 4.78 is 5.76. The molecule has 0 saturated heterocycles. The van der Waals surface area contributed by atoms with Crippen LogP contribution in [0.2, 0.25) is 5.02 Å². The Hall–Kier alpha value is -1.67. The molecule has 0 aromatic heterocycles. The third-order valence-corrected chi connectivity index (χ3v) is 3.86. The summed E-state index contributed by atoms with van der Waals surface area (Å²) in [5, 5.41) is 11.3. The molecule has 108 valence electrons. The second-order valence-corrected chi connectivity index (χ2v) is 5.72. The van der Waals surface area contributed by atoms with Crippen LogP contribution in [0.25, 0.3) is 0 Å². The molecule has 2 aromatic carbocycles. The number of carbonyl (C=O) groups excluding carboxylic acids is 1. The fourth-order valence-corrected chi connectivity index (χ4v) is 2.27. The number of nitro benzene ring substituents is 1. The number of hydrogen-bond acceptors (Lipinski definition) is 4. The lowest BCUT2D eigenvalue weighted by molar-refractivity contribution is -0.384. The maximum absolute atomic E-state index is 12.0. The van der Waals surface area contributed by atoms with E-state index in [0.29, 0.717) is 8.59 Å². The lowest BCUT2D eigenvalue weighted by Crippen LogP contribution is -2.08. The zero-order valence-corrected chi connectivity index (χ0v) is 13.5. The molecule has 2 rings (SSSR count). The Balaban J connectivity index is 2.11. The molecule has 0 radical (unpaired) electrons. The summed E-state index contributed by atoms with van der Waals surface area (Å²) >= 11 is 7.70. The van der Waals surface area contributed by atoms with Crippen molar-refractivity contribution >= 4 is 45.8 Å². The molecule has 0 fully saturated rings. The number of hydrogen-bond donors (Lipinski definition) is 0. The van der Waals surface area contributed by atoms with E-state index < -0.39 is 10.9 Å². The molecule has 2 aromatic rings. The molecule has 0 amide bonds. The van der Waals surface area contributed by atoms with Gasteiger partial charge in [-0.25, -0.2) is 4.79 Å². The molecule has 0 heterocycles. The molecule has 0 saturated carbocycles. The van der Waals surface area contributed by atoms with E-state index in [2.05, 4.69) is 0 Å². The third-order valence-electron chi connectivity index (χ3n) is 2.66. The lowest BCUT2D eigenvalue weighted by Gasteiger charge is -2.06. The molecule has 0 N–H and O–H groups in total. The highest BCUT2D eigenvalue weighted by Gasteiger charge is 2.16. The van der Waals surface area contributed by atoms with Crippen molar-refractivity contribution in [3.05, 3.63) is 72.3 Å². The minimum Gasteiger partial charge on any atom is -0.457 e. The van der Waals surface area contributed by atoms with Gasteiger partial charge in [-0.15, -0.1) is 0 Å². The predicted molar refractivity (Wildman–Crippen MR) is 86.4 cm³/mol. The monoisotopic (exact) mass is 417 g/mol. The molecule has 0 aliphatic carbocycles. The third kappa shape index (κ3) is 4.15. The zero-order chi connectivity index (χ0) is 15.4. The van der Waals surface area contributed by atoms with Gasteiger partial charge in [0.2, 0.25) is 0 Å². The molecule has 0 aliphatic rings. The van der Waals surface area contributed by atoms with Crippen LogP contribution in [0.15, 0.2) is 42.5 Å². The molecular formula is C14H9ClINO4. The van der Waals surface area contributed by atoms with E-state index in [1.54, 1.807) is 24.3 Å². The zero-order valence-electron chi connectivity index (χ0n) is 10.6. The van der Waals surface area contributed by atoms with E-state index in [9.17, 15) is 14.9 Å². The van der Waals surface area contributed by atoms with Crippen LogP contribution < -0.4 is 0 Å². The topological polar surface area (TPSA) is 69.4 Å². The highest BCUT2D eigenvalue weighted by Crippen LogP contribution is 2.21. The average Bonchev–Trinajstić information content (AvgIpc) is 2.46. The van der Waals surface area contributed by atoms with Gasteiger partial charge >= 0.3 is 5.97 Å². The Kier molecular flexibility index (Phi) is 5.13. The van der Waals surface area contributed by atoms with Crippen molar-refractivity contribution in [2.75, 3.05) is 0 Å². The van der Waals surface area contributed by atoms with Crippen LogP contribution in [0.1, 0.15) is 15.9 Å². The van der Waals surface area contributed by atoms with Crippen LogP contribution in [0.4, 0.5) is 5.69 Å². The number of carbonyl (C=O) groups is 1. The first-order valence-electron chi connectivity index (χ1n) is 5.83. The first-order chi connectivity index (χ1) is 9.97. The summed E-state index contributed by atoms with van der Waals surface area (Å²) in [5.74, 6) is -0.599. The van der Waals surface area contributed by atoms with Crippen molar-refractivity contribution in [3.63, 3.8) is 0 Å². The van der Waals surface area contributed by atoms with Crippen LogP contribution in [0, 0.1) is 13.7 Å². The molecule has 0 spiro atoms. The number of esters is 1. The van der Waals surface area contributed by atoms with Crippen LogP contribution in [0.3, 0.4) is 0 Å². The van der Waals surface area contributed by atoms with Crippen LogP contribution in [-0.4, -0.2) is 10.9 Å². The first kappa shape index (κ1) is 15.7. The standard InChI is InChI=1S/C14H9ClINO4/c15-10-3-1-9(2-4-10)8-21-14(18)12-7-11(17(19)20)5-6-13(12)16/h1-7H,8H2. The molecule has 0 aliphatic heterocycles. The van der Waals surface area contributed by atoms with Crippen LogP contribution >= 0.6 is 34.2 Å². The van der Waals surface area contributed by atoms with Gasteiger partial charge in [-0.1, -0.05) is 23.7 Å². The highest BCUT2D eigenvalue weighted by atomic mass is 127. The number of non-ortho nitro benzene ring substituents is 1. The molecule has 0 bridgehead atoms. The second-order valence-electron chi connectivity index (χ2n) is 4.12. The number of halogens is 2. The minimum atomic E-state index is -0.599. The average molecular weight is 418 g/mol. The molecule has 7 heteroatoms. The van der Waals surface area contributed by atoms with Crippen molar-refractivity contribution in [3.8, 4) is 0 Å². The Morgan fingerprint density at radius 2 is 1.90 bits per heavy atom.